The van der Waals surface area contributed by atoms with Gasteiger partial charge in [-0.3, -0.25) is 0 Å². The van der Waals surface area contributed by atoms with Gasteiger partial charge >= 0.3 is 0 Å². The molecule has 1 heterocycles. The van der Waals surface area contributed by atoms with Gasteiger partial charge in [-0.2, -0.15) is 0 Å². The maximum absolute atomic E-state index is 5.87. The Labute approximate surface area is 185 Å². The lowest BCUT2D eigenvalue weighted by molar-refractivity contribution is -0.125. The number of hydrogen-bond donors (Lipinski definition) is 0. The molecule has 5 rings (SSSR count). The van der Waals surface area contributed by atoms with Gasteiger partial charge in [0.25, 0.3) is 0 Å². The Balaban J connectivity index is 1.31. The highest BCUT2D eigenvalue weighted by atomic mass is 28.3. The quantitative estimate of drug-likeness (QED) is 0.292. The summed E-state index contributed by atoms with van der Waals surface area (Å²) in [5.41, 5.74) is 2.86. The molecule has 30 heavy (non-hydrogen) atoms. The number of methoxy groups -OCH3 is 1. The standard InChI is InChI=1S/C26H42O3Si/c1-25(2)21-16-23(25)22(19-27-3)24(17-21)30(4,5)15-8-6-7-10-20-11-9-12-26(18-20)28-13-14-29-26/h18,21-24H,7,9-17,19H2,1-5H3/t21-,22+,23+,24+/m1/s1. The molecule has 1 saturated heterocycles. The van der Waals surface area contributed by atoms with Gasteiger partial charge < -0.3 is 14.2 Å². The second-order valence-electron chi connectivity index (χ2n) is 11.5. The van der Waals surface area contributed by atoms with E-state index in [9.17, 15) is 0 Å². The molecular formula is C26H42O3Si. The van der Waals surface area contributed by atoms with E-state index < -0.39 is 13.9 Å². The summed E-state index contributed by atoms with van der Waals surface area (Å²) >= 11 is 0. The highest BCUT2D eigenvalue weighted by Gasteiger charge is 2.59. The van der Waals surface area contributed by atoms with E-state index in [2.05, 4.69) is 44.9 Å². The first-order valence-electron chi connectivity index (χ1n) is 12.2. The van der Waals surface area contributed by atoms with Gasteiger partial charge in [-0.1, -0.05) is 32.5 Å². The fourth-order valence-electron chi connectivity index (χ4n) is 6.91. The Bertz CT molecular complexity index is 708. The first kappa shape index (κ1) is 22.6. The van der Waals surface area contributed by atoms with Crippen LogP contribution in [0.15, 0.2) is 11.6 Å². The zero-order valence-electron chi connectivity index (χ0n) is 19.9. The maximum atomic E-state index is 5.87. The summed E-state index contributed by atoms with van der Waals surface area (Å²) in [6.45, 7) is 12.5. The third-order valence-electron chi connectivity index (χ3n) is 8.94. The summed E-state index contributed by atoms with van der Waals surface area (Å²) in [5, 5.41) is 0. The third kappa shape index (κ3) is 4.33. The Morgan fingerprint density at radius 3 is 2.63 bits per heavy atom. The molecule has 0 radical (unpaired) electrons. The minimum absolute atomic E-state index is 0.401. The number of hydrogen-bond acceptors (Lipinski definition) is 3. The topological polar surface area (TPSA) is 27.7 Å². The molecule has 3 saturated carbocycles. The van der Waals surface area contributed by atoms with Crippen LogP contribution < -0.4 is 0 Å². The summed E-state index contributed by atoms with van der Waals surface area (Å²) in [5.74, 6) is 9.26. The first-order chi connectivity index (χ1) is 14.3. The fourth-order valence-corrected chi connectivity index (χ4v) is 10.2. The molecule has 1 aliphatic heterocycles. The van der Waals surface area contributed by atoms with E-state index in [4.69, 9.17) is 14.2 Å². The van der Waals surface area contributed by atoms with Gasteiger partial charge in [0, 0.05) is 32.6 Å². The maximum Gasteiger partial charge on any atom is 0.188 e. The van der Waals surface area contributed by atoms with E-state index in [-0.39, 0.29) is 0 Å². The average Bonchev–Trinajstić information content (AvgIpc) is 3.15. The Morgan fingerprint density at radius 2 is 1.93 bits per heavy atom. The van der Waals surface area contributed by atoms with E-state index in [1.54, 1.807) is 0 Å². The molecule has 0 aromatic heterocycles. The normalized spacial score (nSPS) is 34.1. The molecule has 0 aromatic carbocycles. The molecule has 3 nitrogen and oxygen atoms in total. The lowest BCUT2D eigenvalue weighted by atomic mass is 9.45. The molecular weight excluding hydrogens is 388 g/mol. The summed E-state index contributed by atoms with van der Waals surface area (Å²) < 4.78 is 17.4. The molecule has 4 atom stereocenters. The average molecular weight is 431 g/mol. The van der Waals surface area contributed by atoms with Gasteiger partial charge in [-0.15, -0.1) is 11.8 Å². The van der Waals surface area contributed by atoms with E-state index in [1.807, 2.05) is 7.11 Å². The predicted octanol–water partition coefficient (Wildman–Crippen LogP) is 6.03. The number of fused-ring (bicyclic) bond motifs is 2. The van der Waals surface area contributed by atoms with Crippen LogP contribution in [0.1, 0.15) is 58.8 Å². The number of allylic oxidation sites excluding steroid dienone is 1. The second-order valence-corrected chi connectivity index (χ2v) is 16.6. The van der Waals surface area contributed by atoms with E-state index in [0.29, 0.717) is 5.41 Å². The van der Waals surface area contributed by atoms with E-state index in [0.717, 1.165) is 68.4 Å². The largest absolute Gasteiger partial charge is 0.384 e. The smallest absolute Gasteiger partial charge is 0.188 e. The van der Waals surface area contributed by atoms with Gasteiger partial charge in [-0.25, -0.2) is 0 Å². The SMILES string of the molecule is COC[C@H]1[C@@H]2C[C@H](C[C@@H]1[Si](C)(C)CC#CCCC1=CC3(CCC1)OCCO3)C2(C)C. The van der Waals surface area contributed by atoms with Crippen molar-refractivity contribution in [2.24, 2.45) is 23.2 Å². The van der Waals surface area contributed by atoms with Crippen molar-refractivity contribution in [3.8, 4) is 11.8 Å². The van der Waals surface area contributed by atoms with Crippen LogP contribution in [0.3, 0.4) is 0 Å². The minimum atomic E-state index is -1.40. The van der Waals surface area contributed by atoms with Crippen LogP contribution in [0.25, 0.3) is 0 Å². The van der Waals surface area contributed by atoms with Crippen LogP contribution in [0, 0.1) is 35.0 Å². The molecule has 0 unspecified atom stereocenters. The van der Waals surface area contributed by atoms with Crippen molar-refractivity contribution in [2.75, 3.05) is 26.9 Å². The van der Waals surface area contributed by atoms with Gasteiger partial charge in [0.05, 0.1) is 21.3 Å². The van der Waals surface area contributed by atoms with Crippen LogP contribution in [0.5, 0.6) is 0 Å². The monoisotopic (exact) mass is 430 g/mol. The highest BCUT2D eigenvalue weighted by Crippen LogP contribution is 2.66. The van der Waals surface area contributed by atoms with Crippen LogP contribution in [-0.4, -0.2) is 40.8 Å². The van der Waals surface area contributed by atoms with Crippen LogP contribution >= 0.6 is 0 Å². The lowest BCUT2D eigenvalue weighted by Gasteiger charge is -2.64. The van der Waals surface area contributed by atoms with Crippen molar-refractivity contribution in [3.63, 3.8) is 0 Å². The predicted molar refractivity (Wildman–Crippen MR) is 125 cm³/mol. The van der Waals surface area contributed by atoms with Gasteiger partial charge in [0.2, 0.25) is 0 Å². The van der Waals surface area contributed by atoms with Crippen molar-refractivity contribution in [2.45, 2.75) is 89.3 Å². The van der Waals surface area contributed by atoms with Gasteiger partial charge in [0.1, 0.15) is 0 Å². The minimum Gasteiger partial charge on any atom is -0.384 e. The van der Waals surface area contributed by atoms with Crippen molar-refractivity contribution in [1.82, 2.24) is 0 Å². The van der Waals surface area contributed by atoms with E-state index in [1.165, 1.54) is 31.3 Å². The second kappa shape index (κ2) is 8.74. The molecule has 4 aliphatic carbocycles. The summed E-state index contributed by atoms with van der Waals surface area (Å²) in [4.78, 5) is 0. The molecule has 4 heteroatoms. The highest BCUT2D eigenvalue weighted by molar-refractivity contribution is 6.79. The van der Waals surface area contributed by atoms with Crippen LogP contribution in [0.2, 0.25) is 24.7 Å². The van der Waals surface area contributed by atoms with Crippen molar-refractivity contribution in [3.05, 3.63) is 11.6 Å². The molecule has 0 aromatic rings. The van der Waals surface area contributed by atoms with Crippen molar-refractivity contribution < 1.29 is 14.2 Å². The Kier molecular flexibility index (Phi) is 6.58. The molecule has 2 bridgehead atoms. The van der Waals surface area contributed by atoms with E-state index >= 15 is 0 Å². The number of rotatable bonds is 6. The third-order valence-corrected chi connectivity index (χ3v) is 12.7. The van der Waals surface area contributed by atoms with Gasteiger partial charge in [-0.05, 0) is 66.9 Å². The van der Waals surface area contributed by atoms with Crippen LogP contribution in [0.4, 0.5) is 0 Å². The lowest BCUT2D eigenvalue weighted by Crippen LogP contribution is -2.59. The summed E-state index contributed by atoms with van der Waals surface area (Å²) in [6, 6.07) is 1.13. The molecule has 4 fully saturated rings. The zero-order chi connectivity index (χ0) is 21.4. The Morgan fingerprint density at radius 1 is 1.17 bits per heavy atom. The summed E-state index contributed by atoms with van der Waals surface area (Å²) in [7, 11) is 0.483. The fraction of sp³-hybridized carbons (Fsp3) is 0.846. The first-order valence-corrected chi connectivity index (χ1v) is 15.5. The number of ether oxygens (including phenoxy) is 3. The van der Waals surface area contributed by atoms with Crippen molar-refractivity contribution in [1.29, 1.82) is 0 Å². The van der Waals surface area contributed by atoms with Crippen LogP contribution in [-0.2, 0) is 14.2 Å². The Hall–Kier alpha value is -0.603. The molecule has 0 amide bonds. The summed E-state index contributed by atoms with van der Waals surface area (Å²) in [6.07, 6.45) is 10.5. The molecule has 0 N–H and O–H groups in total. The molecule has 168 valence electrons. The molecule has 5 aliphatic rings. The van der Waals surface area contributed by atoms with Gasteiger partial charge in [0.15, 0.2) is 5.79 Å². The van der Waals surface area contributed by atoms with Crippen molar-refractivity contribution >= 4 is 8.07 Å². The molecule has 1 spiro atoms. The zero-order valence-corrected chi connectivity index (χ0v) is 20.9.